The molecule has 1 aliphatic heterocycles. The molecule has 34 heavy (non-hydrogen) atoms. The van der Waals surface area contributed by atoms with E-state index >= 15 is 0 Å². The normalized spacial score (nSPS) is 15.3. The average Bonchev–Trinajstić information content (AvgIpc) is 3.34. The van der Waals surface area contributed by atoms with Gasteiger partial charge in [0.05, 0.1) is 41.0 Å². The minimum absolute atomic E-state index is 0.00532. The summed E-state index contributed by atoms with van der Waals surface area (Å²) in [6.07, 6.45) is 3.04. The van der Waals surface area contributed by atoms with Crippen LogP contribution in [0.1, 0.15) is 18.4 Å². The lowest BCUT2D eigenvalue weighted by Crippen LogP contribution is -2.29. The molecular formula is C23H22N4O5S2. The van der Waals surface area contributed by atoms with Crippen molar-refractivity contribution in [2.45, 2.75) is 12.8 Å². The summed E-state index contributed by atoms with van der Waals surface area (Å²) >= 11 is 2.43. The second kappa shape index (κ2) is 11.4. The lowest BCUT2D eigenvalue weighted by atomic mass is 9.82. The highest BCUT2D eigenvalue weighted by molar-refractivity contribution is 8.03. The van der Waals surface area contributed by atoms with Gasteiger partial charge in [-0.2, -0.15) is 5.26 Å². The van der Waals surface area contributed by atoms with Crippen LogP contribution in [0.2, 0.25) is 0 Å². The van der Waals surface area contributed by atoms with E-state index in [4.69, 9.17) is 9.47 Å². The first-order valence-corrected chi connectivity index (χ1v) is 11.8. The van der Waals surface area contributed by atoms with Gasteiger partial charge in [-0.3, -0.25) is 4.79 Å². The van der Waals surface area contributed by atoms with Crippen molar-refractivity contribution >= 4 is 40.1 Å². The highest BCUT2D eigenvalue weighted by atomic mass is 32.2. The van der Waals surface area contributed by atoms with E-state index in [0.717, 1.165) is 11.8 Å². The largest absolute Gasteiger partial charge is 0.504 e. The zero-order valence-corrected chi connectivity index (χ0v) is 20.1. The molecule has 9 nitrogen and oxygen atoms in total. The molecule has 0 aliphatic carbocycles. The summed E-state index contributed by atoms with van der Waals surface area (Å²) in [4.78, 5) is 29.3. The zero-order chi connectivity index (χ0) is 24.7. The molecule has 0 saturated heterocycles. The Bertz CT molecular complexity index is 1200. The molecule has 3 N–H and O–H groups in total. The number of aromatic hydroxyl groups is 1. The standard InChI is InChI=1S/C23H22N4O5S2/c1-4-8-32-22(30)19-13(2)26-21(34-12-18(29)27-23-25-7-9-33-23)15(11-24)20(19)14-5-6-16(28)17(10-14)31-3/h4-7,9-10,20,26,28H,1,8,12H2,2-3H3,(H,25,27,29)/t20-/m0/s1. The van der Waals surface area contributed by atoms with Gasteiger partial charge in [0.15, 0.2) is 16.6 Å². The maximum atomic E-state index is 12.9. The van der Waals surface area contributed by atoms with Gasteiger partial charge in [0.25, 0.3) is 0 Å². The van der Waals surface area contributed by atoms with E-state index in [1.54, 1.807) is 30.6 Å². The van der Waals surface area contributed by atoms with Crippen molar-refractivity contribution in [2.75, 3.05) is 24.8 Å². The number of carbonyl (C=O) groups is 2. The number of methoxy groups -OCH3 is 1. The average molecular weight is 499 g/mol. The van der Waals surface area contributed by atoms with E-state index < -0.39 is 11.9 Å². The number of hydrogen-bond acceptors (Lipinski definition) is 10. The Morgan fingerprint density at radius 1 is 1.47 bits per heavy atom. The number of allylic oxidation sites excluding steroid dienone is 2. The van der Waals surface area contributed by atoms with Crippen molar-refractivity contribution < 1.29 is 24.2 Å². The molecule has 0 spiro atoms. The van der Waals surface area contributed by atoms with E-state index in [1.807, 2.05) is 0 Å². The third kappa shape index (κ3) is 5.59. The number of benzene rings is 1. The van der Waals surface area contributed by atoms with Crippen molar-refractivity contribution in [1.29, 1.82) is 5.26 Å². The van der Waals surface area contributed by atoms with Gasteiger partial charge >= 0.3 is 5.97 Å². The van der Waals surface area contributed by atoms with Crippen LogP contribution in [0.15, 0.2) is 64.3 Å². The minimum Gasteiger partial charge on any atom is -0.504 e. The number of anilines is 1. The quantitative estimate of drug-likeness (QED) is 0.350. The lowest BCUT2D eigenvalue weighted by molar-refractivity contribution is -0.138. The smallest absolute Gasteiger partial charge is 0.337 e. The summed E-state index contributed by atoms with van der Waals surface area (Å²) in [7, 11) is 1.41. The fraction of sp³-hybridized carbons (Fsp3) is 0.217. The monoisotopic (exact) mass is 498 g/mol. The van der Waals surface area contributed by atoms with E-state index in [2.05, 4.69) is 28.3 Å². The highest BCUT2D eigenvalue weighted by Gasteiger charge is 2.36. The molecule has 1 aliphatic rings. The highest BCUT2D eigenvalue weighted by Crippen LogP contribution is 2.43. The molecule has 1 amide bonds. The van der Waals surface area contributed by atoms with Gasteiger partial charge in [0.1, 0.15) is 6.61 Å². The number of hydrogen-bond donors (Lipinski definition) is 3. The predicted molar refractivity (Wildman–Crippen MR) is 130 cm³/mol. The molecule has 0 bridgehead atoms. The van der Waals surface area contributed by atoms with Crippen molar-refractivity contribution in [3.63, 3.8) is 0 Å². The Morgan fingerprint density at radius 2 is 2.26 bits per heavy atom. The van der Waals surface area contributed by atoms with Crippen molar-refractivity contribution in [2.24, 2.45) is 0 Å². The Kier molecular flexibility index (Phi) is 8.34. The number of amides is 1. The van der Waals surface area contributed by atoms with Crippen molar-refractivity contribution in [3.8, 4) is 17.6 Å². The molecule has 1 aromatic carbocycles. The second-order valence-electron chi connectivity index (χ2n) is 6.94. The molecule has 0 radical (unpaired) electrons. The summed E-state index contributed by atoms with van der Waals surface area (Å²) in [5.74, 6) is -1.56. The number of phenols is 1. The number of aromatic nitrogens is 1. The first kappa shape index (κ1) is 24.9. The number of nitrogens with one attached hydrogen (secondary N) is 2. The topological polar surface area (TPSA) is 134 Å². The van der Waals surface area contributed by atoms with Gasteiger partial charge in [0, 0.05) is 17.3 Å². The van der Waals surface area contributed by atoms with Gasteiger partial charge < -0.3 is 25.2 Å². The molecule has 2 heterocycles. The fourth-order valence-electron chi connectivity index (χ4n) is 3.29. The molecular weight excluding hydrogens is 476 g/mol. The molecule has 0 unspecified atom stereocenters. The molecule has 11 heteroatoms. The summed E-state index contributed by atoms with van der Waals surface area (Å²) in [6, 6.07) is 6.78. The Hall–Kier alpha value is -3.75. The van der Waals surface area contributed by atoms with Crippen LogP contribution in [0.4, 0.5) is 5.13 Å². The number of phenolic OH excluding ortho intramolecular Hbond substituents is 1. The number of rotatable bonds is 9. The molecule has 0 saturated carbocycles. The van der Waals surface area contributed by atoms with E-state index in [0.29, 0.717) is 21.4 Å². The molecule has 1 atom stereocenters. The van der Waals surface area contributed by atoms with E-state index in [1.165, 1.54) is 30.6 Å². The van der Waals surface area contributed by atoms with Crippen molar-refractivity contribution in [1.82, 2.24) is 10.3 Å². The summed E-state index contributed by atoms with van der Waals surface area (Å²) in [6.45, 7) is 5.26. The molecule has 3 rings (SSSR count). The zero-order valence-electron chi connectivity index (χ0n) is 18.5. The van der Waals surface area contributed by atoms with Crippen LogP contribution in [0.5, 0.6) is 11.5 Å². The van der Waals surface area contributed by atoms with Crippen LogP contribution >= 0.6 is 23.1 Å². The SMILES string of the molecule is C=CCOC(=O)C1=C(C)NC(SCC(=O)Nc2nccs2)=C(C#N)[C@@H]1c1ccc(O)c(OC)c1. The Balaban J connectivity index is 1.98. The maximum absolute atomic E-state index is 12.9. The molecule has 2 aromatic rings. The number of thiazole rings is 1. The second-order valence-corrected chi connectivity index (χ2v) is 8.82. The van der Waals surface area contributed by atoms with Gasteiger partial charge in [-0.25, -0.2) is 9.78 Å². The van der Waals surface area contributed by atoms with Gasteiger partial charge in [-0.15, -0.1) is 11.3 Å². The molecule has 176 valence electrons. The molecule has 0 fully saturated rings. The fourth-order valence-corrected chi connectivity index (χ4v) is 4.73. The number of dihydropyridines is 1. The van der Waals surface area contributed by atoms with Crippen LogP contribution < -0.4 is 15.4 Å². The van der Waals surface area contributed by atoms with Crippen LogP contribution in [0, 0.1) is 11.3 Å². The van der Waals surface area contributed by atoms with Gasteiger partial charge in [0.2, 0.25) is 5.91 Å². The summed E-state index contributed by atoms with van der Waals surface area (Å²) in [5, 5.41) is 28.5. The van der Waals surface area contributed by atoms with Crippen LogP contribution in [-0.2, 0) is 14.3 Å². The molecule has 1 aromatic heterocycles. The number of ether oxygens (including phenoxy) is 2. The van der Waals surface area contributed by atoms with Crippen LogP contribution in [-0.4, -0.2) is 41.4 Å². The third-order valence-electron chi connectivity index (χ3n) is 4.76. The number of thioether (sulfide) groups is 1. The van der Waals surface area contributed by atoms with Gasteiger partial charge in [-0.1, -0.05) is 30.5 Å². The van der Waals surface area contributed by atoms with Crippen LogP contribution in [0.3, 0.4) is 0 Å². The predicted octanol–water partition coefficient (Wildman–Crippen LogP) is 3.65. The number of nitrogens with zero attached hydrogens (tertiary/aromatic N) is 2. The maximum Gasteiger partial charge on any atom is 0.337 e. The third-order valence-corrected chi connectivity index (χ3v) is 6.47. The lowest BCUT2D eigenvalue weighted by Gasteiger charge is -2.29. The number of carbonyl (C=O) groups excluding carboxylic acids is 2. The van der Waals surface area contributed by atoms with E-state index in [-0.39, 0.29) is 40.9 Å². The Morgan fingerprint density at radius 3 is 2.91 bits per heavy atom. The Labute approximate surface area is 204 Å². The number of nitriles is 1. The minimum atomic E-state index is -0.803. The first-order valence-electron chi connectivity index (χ1n) is 9.98. The summed E-state index contributed by atoms with van der Waals surface area (Å²) in [5.41, 5.74) is 1.49. The van der Waals surface area contributed by atoms with Gasteiger partial charge in [-0.05, 0) is 24.6 Å². The summed E-state index contributed by atoms with van der Waals surface area (Å²) < 4.78 is 10.5. The van der Waals surface area contributed by atoms with Crippen molar-refractivity contribution in [3.05, 3.63) is 69.9 Å². The van der Waals surface area contributed by atoms with E-state index in [9.17, 15) is 20.0 Å². The number of esters is 1. The first-order chi connectivity index (χ1) is 16.4. The van der Waals surface area contributed by atoms with Crippen LogP contribution in [0.25, 0.3) is 0 Å².